The molecule has 0 fully saturated rings. The number of esters is 10. The molecule has 3 radical (unpaired) electrons. The SMILES string of the molecule is C.C.C/C=C/C(OC(C)=O)OC(C)=O.C/C=C/COC(C)=O.C=CC(COC(C)=O)OC(C)=O.CC(=O)O.CC(=O)O/C=C/C(C)OC(C)=O.CC(=O)OC/C=C(/C)OC(C)=O.CC/C=C/COC(C)=O.O=C=O.[I-].[V].[V].[V]. The molecule has 2 atom stereocenters. The van der Waals surface area contributed by atoms with Gasteiger partial charge in [-0.05, 0) is 58.4 Å². The number of halogens is 1. The third-order valence-electron chi connectivity index (χ3n) is 5.25. The number of allylic oxidation sites excluding steroid dienone is 4. The fourth-order valence-corrected chi connectivity index (χ4v) is 2.90. The number of carbonyl (C=O) groups excluding carboxylic acids is 12. The molecule has 0 aliphatic carbocycles. The first-order valence-corrected chi connectivity index (χ1v) is 21.0. The van der Waals surface area contributed by atoms with Crippen molar-refractivity contribution in [1.82, 2.24) is 0 Å². The minimum Gasteiger partial charge on any atom is -1.00 e. The van der Waals surface area contributed by atoms with Gasteiger partial charge in [-0.15, -0.1) is 0 Å². The molecule has 0 aromatic heterocycles. The van der Waals surface area contributed by atoms with Crippen LogP contribution in [0, 0.1) is 0 Å². The van der Waals surface area contributed by atoms with Crippen LogP contribution in [0.1, 0.15) is 132 Å². The molecule has 28 heteroatoms. The second-order valence-corrected chi connectivity index (χ2v) is 12.4. The van der Waals surface area contributed by atoms with Crippen molar-refractivity contribution in [2.24, 2.45) is 0 Å². The van der Waals surface area contributed by atoms with E-state index in [1.54, 1.807) is 32.9 Å². The molecule has 0 aromatic rings. The molecule has 0 saturated heterocycles. The number of hydrogen-bond donors (Lipinski definition) is 1. The Balaban J connectivity index is -0.0000000507. The molecule has 0 amide bonds. The van der Waals surface area contributed by atoms with E-state index in [1.807, 2.05) is 32.1 Å². The minimum atomic E-state index is -0.898. The third kappa shape index (κ3) is 151. The smallest absolute Gasteiger partial charge is 0.373 e. The summed E-state index contributed by atoms with van der Waals surface area (Å²) in [4.78, 5) is 129. The van der Waals surface area contributed by atoms with Gasteiger partial charge < -0.3 is 76.5 Å². The topological polar surface area (TPSA) is 334 Å². The maximum atomic E-state index is 10.5. The van der Waals surface area contributed by atoms with Gasteiger partial charge in [-0.2, -0.15) is 9.59 Å². The van der Waals surface area contributed by atoms with E-state index < -0.39 is 48.2 Å². The van der Waals surface area contributed by atoms with Crippen molar-refractivity contribution < 1.29 is 194 Å². The molecule has 1 N–H and O–H groups in total. The maximum absolute atomic E-state index is 10.5. The molecule has 0 aliphatic rings. The molecule has 0 aromatic carbocycles. The zero-order valence-corrected chi connectivity index (χ0v) is 52.2. The molecule has 0 spiro atoms. The van der Waals surface area contributed by atoms with Gasteiger partial charge >= 0.3 is 65.8 Å². The summed E-state index contributed by atoms with van der Waals surface area (Å²) in [5, 5.41) is 7.42. The fraction of sp³-hybridized carbons (Fsp3) is 0.520. The normalized spacial score (nSPS) is 9.53. The van der Waals surface area contributed by atoms with Crippen LogP contribution >= 0.6 is 0 Å². The Hall–Kier alpha value is -5.53. The van der Waals surface area contributed by atoms with Gasteiger partial charge in [-0.25, -0.2) is 0 Å². The van der Waals surface area contributed by atoms with Gasteiger partial charge in [0.2, 0.25) is 0 Å². The van der Waals surface area contributed by atoms with Crippen LogP contribution in [0.2, 0.25) is 0 Å². The van der Waals surface area contributed by atoms with Crippen molar-refractivity contribution in [2.75, 3.05) is 26.4 Å². The monoisotopic (exact) mass is 1350 g/mol. The van der Waals surface area contributed by atoms with Crippen LogP contribution in [0.5, 0.6) is 0 Å². The van der Waals surface area contributed by atoms with Crippen molar-refractivity contribution in [1.29, 1.82) is 0 Å². The van der Waals surface area contributed by atoms with Crippen molar-refractivity contribution >= 4 is 71.8 Å². The van der Waals surface area contributed by atoms with Gasteiger partial charge in [-0.3, -0.25) is 52.7 Å². The van der Waals surface area contributed by atoms with Crippen LogP contribution < -0.4 is 24.0 Å². The van der Waals surface area contributed by atoms with Crippen LogP contribution in [0.4, 0.5) is 0 Å². The van der Waals surface area contributed by atoms with Crippen LogP contribution in [-0.2, 0) is 165 Å². The summed E-state index contributed by atoms with van der Waals surface area (Å²) in [5.41, 5.74) is 0. The molecule has 0 bridgehead atoms. The van der Waals surface area contributed by atoms with E-state index in [4.69, 9.17) is 29.0 Å². The molecule has 0 rings (SSSR count). The average Bonchev–Trinajstić information content (AvgIpc) is 3.21. The van der Waals surface area contributed by atoms with Gasteiger partial charge in [0, 0.05) is 132 Å². The number of carboxylic acid groups (broad SMARTS) is 1. The Kier molecular flexibility index (Phi) is 115. The molecule has 78 heavy (non-hydrogen) atoms. The Morgan fingerprint density at radius 3 is 1.19 bits per heavy atom. The number of aliphatic carboxylic acids is 1. The van der Waals surface area contributed by atoms with E-state index in [0.717, 1.165) is 13.3 Å². The molecule has 24 nitrogen and oxygen atoms in total. The van der Waals surface area contributed by atoms with Crippen molar-refractivity contribution in [3.63, 3.8) is 0 Å². The Labute approximate surface area is 513 Å². The van der Waals surface area contributed by atoms with E-state index >= 15 is 0 Å². The molecule has 0 aliphatic heterocycles. The third-order valence-corrected chi connectivity index (χ3v) is 5.25. The predicted octanol–water partition coefficient (Wildman–Crippen LogP) is 4.13. The van der Waals surface area contributed by atoms with E-state index in [0.29, 0.717) is 19.0 Å². The number of carbonyl (C=O) groups is 11. The first kappa shape index (κ1) is 108. The van der Waals surface area contributed by atoms with Crippen molar-refractivity contribution in [3.8, 4) is 0 Å². The minimum absolute atomic E-state index is 0. The zero-order chi connectivity index (χ0) is 58.0. The molecular formula is C50H82IO24V3-. The average molecular weight is 1350 g/mol. The summed E-state index contributed by atoms with van der Waals surface area (Å²) in [5.74, 6) is -4.17. The second-order valence-electron chi connectivity index (χ2n) is 12.4. The van der Waals surface area contributed by atoms with E-state index in [-0.39, 0.29) is 150 Å². The van der Waals surface area contributed by atoms with Crippen molar-refractivity contribution in [2.45, 2.75) is 151 Å². The number of rotatable bonds is 18. The molecule has 2 unspecified atom stereocenters. The fourth-order valence-electron chi connectivity index (χ4n) is 2.90. The predicted molar refractivity (Wildman–Crippen MR) is 268 cm³/mol. The van der Waals surface area contributed by atoms with Gasteiger partial charge in [-0.1, -0.05) is 58.7 Å². The van der Waals surface area contributed by atoms with Crippen LogP contribution in [0.25, 0.3) is 0 Å². The Bertz CT molecular complexity index is 1770. The maximum Gasteiger partial charge on any atom is 0.373 e. The van der Waals surface area contributed by atoms with Gasteiger partial charge in [0.1, 0.15) is 38.3 Å². The number of carboxylic acids is 1. The largest absolute Gasteiger partial charge is 1.00 e. The molecule has 449 valence electrons. The summed E-state index contributed by atoms with van der Waals surface area (Å²) in [6.07, 6.45) is 15.5. The summed E-state index contributed by atoms with van der Waals surface area (Å²) in [7, 11) is 0. The first-order chi connectivity index (χ1) is 33.3. The first-order valence-electron chi connectivity index (χ1n) is 21.0. The zero-order valence-electron chi connectivity index (χ0n) is 45.8. The van der Waals surface area contributed by atoms with E-state index in [9.17, 15) is 47.9 Å². The number of hydrogen-bond acceptors (Lipinski definition) is 23. The van der Waals surface area contributed by atoms with Gasteiger partial charge in [0.05, 0.1) is 6.26 Å². The Morgan fingerprint density at radius 2 is 0.897 bits per heavy atom. The Morgan fingerprint density at radius 1 is 0.526 bits per heavy atom. The van der Waals surface area contributed by atoms with Crippen molar-refractivity contribution in [3.05, 3.63) is 73.3 Å². The van der Waals surface area contributed by atoms with Crippen LogP contribution in [0.3, 0.4) is 0 Å². The van der Waals surface area contributed by atoms with Gasteiger partial charge in [0.25, 0.3) is 12.3 Å². The molecular weight excluding hydrogens is 1260 g/mol. The summed E-state index contributed by atoms with van der Waals surface area (Å²) < 4.78 is 46.2. The van der Waals surface area contributed by atoms with Crippen LogP contribution in [0.15, 0.2) is 73.3 Å². The quantitative estimate of drug-likeness (QED) is 0.0503. The summed E-state index contributed by atoms with van der Waals surface area (Å²) in [6, 6.07) is 0. The molecule has 0 saturated carbocycles. The van der Waals surface area contributed by atoms with E-state index in [1.165, 1.54) is 99.8 Å². The number of ether oxygens (including phenoxy) is 10. The van der Waals surface area contributed by atoms with Gasteiger partial charge in [0.15, 0.2) is 6.10 Å². The summed E-state index contributed by atoms with van der Waals surface area (Å²) >= 11 is 0. The summed E-state index contributed by atoms with van der Waals surface area (Å²) in [6.45, 7) is 27.5. The molecule has 0 heterocycles. The van der Waals surface area contributed by atoms with E-state index in [2.05, 4.69) is 44.5 Å². The second kappa shape index (κ2) is 82.8. The van der Waals surface area contributed by atoms with Crippen LogP contribution in [-0.4, -0.2) is 122 Å². The standard InChI is InChI=1S/4C8H12O4.C7H12O2.C6H10O2.C2H4O2.CO2.2CH4.HI.3V/c2*1-6(12-8(3)10)4-5-11-7(2)9;1-4-8(12-7(3)10)5-11-6(2)9;1-4-5-8(11-6(2)9)12-7(3)10;1-3-4-5-6-9-7(2)8;1-3-4-5-8-6(2)7;1-2(3)4;2-1-3;;;;;;/h4H,5H2,1-3H3;4-6H,1-3H3;4,8H,1,5H2,2-3H3;4-5,8H,1-3H3;4-5H,3,6H2,1-2H3;3-4H,5H2,1-2H3;1H3,(H,3,4);;2*1H4;1H;;;/p-1/b6-4-;5-4+;;2*5-4+;4-3+;;;;;;;;.